The van der Waals surface area contributed by atoms with Crippen LogP contribution in [-0.4, -0.2) is 38.3 Å². The van der Waals surface area contributed by atoms with Crippen molar-refractivity contribution >= 4 is 5.78 Å². The van der Waals surface area contributed by atoms with Crippen LogP contribution in [0.2, 0.25) is 0 Å². The number of pyridine rings is 1. The number of imidazole rings is 1. The summed E-state index contributed by atoms with van der Waals surface area (Å²) in [6.45, 7) is 2.86. The highest BCUT2D eigenvalue weighted by atomic mass is 16.1. The molecule has 3 aromatic rings. The molecule has 2 aromatic heterocycles. The third-order valence-electron chi connectivity index (χ3n) is 5.07. The third-order valence-corrected chi connectivity index (χ3v) is 5.07. The molecular weight excluding hydrogens is 324 g/mol. The fourth-order valence-corrected chi connectivity index (χ4v) is 3.55. The highest BCUT2D eigenvalue weighted by molar-refractivity contribution is 5.98. The normalized spacial score (nSPS) is 15.8. The van der Waals surface area contributed by atoms with Gasteiger partial charge in [0.05, 0.1) is 6.33 Å². The standard InChI is InChI=1S/C21H22N4O/c26-21(18-1-3-20(4-2-18)25-14-11-23-16-25)19-7-12-24(13-8-19)15-17-5-9-22-10-6-17/h1-6,9-11,14,16,19H,7-8,12-13,15H2. The molecule has 0 bridgehead atoms. The molecule has 0 atom stereocenters. The van der Waals surface area contributed by atoms with E-state index in [1.54, 1.807) is 12.5 Å². The van der Waals surface area contributed by atoms with Gasteiger partial charge in [0.1, 0.15) is 0 Å². The number of piperidine rings is 1. The van der Waals surface area contributed by atoms with Crippen LogP contribution in [0.15, 0.2) is 67.5 Å². The van der Waals surface area contributed by atoms with Gasteiger partial charge >= 0.3 is 0 Å². The molecule has 0 N–H and O–H groups in total. The highest BCUT2D eigenvalue weighted by Crippen LogP contribution is 2.23. The Hall–Kier alpha value is -2.79. The first kappa shape index (κ1) is 16.7. The zero-order valence-electron chi connectivity index (χ0n) is 14.7. The molecule has 0 unspecified atom stereocenters. The predicted molar refractivity (Wildman–Crippen MR) is 100 cm³/mol. The Morgan fingerprint density at radius 2 is 1.69 bits per heavy atom. The molecule has 1 aromatic carbocycles. The Morgan fingerprint density at radius 1 is 0.962 bits per heavy atom. The maximum absolute atomic E-state index is 12.8. The minimum Gasteiger partial charge on any atom is -0.306 e. The van der Waals surface area contributed by atoms with E-state index >= 15 is 0 Å². The number of carbonyl (C=O) groups excluding carboxylic acids is 1. The molecule has 0 aliphatic carbocycles. The van der Waals surface area contributed by atoms with E-state index in [-0.39, 0.29) is 11.7 Å². The number of hydrogen-bond acceptors (Lipinski definition) is 4. The largest absolute Gasteiger partial charge is 0.306 e. The zero-order valence-corrected chi connectivity index (χ0v) is 14.7. The van der Waals surface area contributed by atoms with E-state index < -0.39 is 0 Å². The first-order chi connectivity index (χ1) is 12.8. The Balaban J connectivity index is 1.34. The van der Waals surface area contributed by atoms with Gasteiger partial charge in [-0.25, -0.2) is 4.98 Å². The van der Waals surface area contributed by atoms with Crippen molar-refractivity contribution in [2.45, 2.75) is 19.4 Å². The molecule has 3 heterocycles. The Labute approximate surface area is 153 Å². The molecule has 0 radical (unpaired) electrons. The van der Waals surface area contributed by atoms with Crippen molar-refractivity contribution in [1.82, 2.24) is 19.4 Å². The first-order valence-corrected chi connectivity index (χ1v) is 9.03. The van der Waals surface area contributed by atoms with Crippen molar-refractivity contribution in [1.29, 1.82) is 0 Å². The van der Waals surface area contributed by atoms with Crippen molar-refractivity contribution in [3.05, 3.63) is 78.6 Å². The first-order valence-electron chi connectivity index (χ1n) is 9.03. The molecule has 1 aliphatic heterocycles. The summed E-state index contributed by atoms with van der Waals surface area (Å²) >= 11 is 0. The third kappa shape index (κ3) is 3.73. The van der Waals surface area contributed by atoms with Crippen molar-refractivity contribution in [3.8, 4) is 5.69 Å². The fraction of sp³-hybridized carbons (Fsp3) is 0.286. The lowest BCUT2D eigenvalue weighted by Crippen LogP contribution is -2.35. The number of hydrogen-bond donors (Lipinski definition) is 0. The van der Waals surface area contributed by atoms with E-state index in [9.17, 15) is 4.79 Å². The summed E-state index contributed by atoms with van der Waals surface area (Å²) in [6, 6.07) is 11.9. The Bertz CT molecular complexity index is 835. The molecule has 0 amide bonds. The van der Waals surface area contributed by atoms with Gasteiger partial charge in [-0.3, -0.25) is 14.7 Å². The van der Waals surface area contributed by atoms with E-state index in [4.69, 9.17) is 0 Å². The molecule has 1 aliphatic rings. The van der Waals surface area contributed by atoms with Gasteiger partial charge < -0.3 is 4.57 Å². The number of likely N-dealkylation sites (tertiary alicyclic amines) is 1. The van der Waals surface area contributed by atoms with Gasteiger partial charge in [-0.2, -0.15) is 0 Å². The second-order valence-corrected chi connectivity index (χ2v) is 6.79. The molecule has 5 heteroatoms. The summed E-state index contributed by atoms with van der Waals surface area (Å²) in [4.78, 5) is 23.4. The molecule has 5 nitrogen and oxygen atoms in total. The van der Waals surface area contributed by atoms with Crippen molar-refractivity contribution in [2.75, 3.05) is 13.1 Å². The van der Waals surface area contributed by atoms with Crippen LogP contribution in [0.25, 0.3) is 5.69 Å². The van der Waals surface area contributed by atoms with Crippen LogP contribution < -0.4 is 0 Å². The number of nitrogens with zero attached hydrogens (tertiary/aromatic N) is 4. The topological polar surface area (TPSA) is 51.0 Å². The predicted octanol–water partition coefficient (Wildman–Crippen LogP) is 3.36. The van der Waals surface area contributed by atoms with Gasteiger partial charge in [-0.1, -0.05) is 0 Å². The molecule has 0 spiro atoms. The lowest BCUT2D eigenvalue weighted by Gasteiger charge is -2.31. The van der Waals surface area contributed by atoms with Crippen molar-refractivity contribution in [2.24, 2.45) is 5.92 Å². The summed E-state index contributed by atoms with van der Waals surface area (Å²) in [5.41, 5.74) is 3.10. The SMILES string of the molecule is O=C(c1ccc(-n2ccnc2)cc1)C1CCN(Cc2ccncc2)CC1. The Kier molecular flexibility index (Phi) is 4.88. The van der Waals surface area contributed by atoms with E-state index in [0.717, 1.165) is 43.7 Å². The van der Waals surface area contributed by atoms with Crippen LogP contribution in [0.3, 0.4) is 0 Å². The second-order valence-electron chi connectivity index (χ2n) is 6.79. The van der Waals surface area contributed by atoms with Crippen LogP contribution in [0.5, 0.6) is 0 Å². The monoisotopic (exact) mass is 346 g/mol. The number of aromatic nitrogens is 3. The maximum Gasteiger partial charge on any atom is 0.166 e. The molecule has 1 fully saturated rings. The Morgan fingerprint density at radius 3 is 2.35 bits per heavy atom. The summed E-state index contributed by atoms with van der Waals surface area (Å²) in [7, 11) is 0. The second kappa shape index (κ2) is 7.62. The molecule has 0 saturated carbocycles. The van der Waals surface area contributed by atoms with E-state index in [1.165, 1.54) is 5.56 Å². The van der Waals surface area contributed by atoms with Crippen LogP contribution in [0, 0.1) is 5.92 Å². The lowest BCUT2D eigenvalue weighted by atomic mass is 9.88. The summed E-state index contributed by atoms with van der Waals surface area (Å²) in [5.74, 6) is 0.397. The van der Waals surface area contributed by atoms with Gasteiger partial charge in [-0.15, -0.1) is 0 Å². The van der Waals surface area contributed by atoms with E-state index in [0.29, 0.717) is 0 Å². The van der Waals surface area contributed by atoms with Gasteiger partial charge in [-0.05, 0) is 67.9 Å². The molecule has 26 heavy (non-hydrogen) atoms. The van der Waals surface area contributed by atoms with Gasteiger partial charge in [0.15, 0.2) is 5.78 Å². The molecule has 4 rings (SSSR count). The minimum absolute atomic E-state index is 0.128. The molecule has 1 saturated heterocycles. The van der Waals surface area contributed by atoms with Crippen LogP contribution in [-0.2, 0) is 6.54 Å². The quantitative estimate of drug-likeness (QED) is 0.665. The summed E-state index contributed by atoms with van der Waals surface area (Å²) in [5, 5.41) is 0. The van der Waals surface area contributed by atoms with Gasteiger partial charge in [0, 0.05) is 48.5 Å². The maximum atomic E-state index is 12.8. The average Bonchev–Trinajstić information content (AvgIpc) is 3.24. The number of benzene rings is 1. The van der Waals surface area contributed by atoms with Gasteiger partial charge in [0.2, 0.25) is 0 Å². The average molecular weight is 346 g/mol. The van der Waals surface area contributed by atoms with Gasteiger partial charge in [0.25, 0.3) is 0 Å². The fourth-order valence-electron chi connectivity index (χ4n) is 3.55. The molecule has 132 valence electrons. The minimum atomic E-state index is 0.128. The van der Waals surface area contributed by atoms with Crippen LogP contribution >= 0.6 is 0 Å². The number of ketones is 1. The molecular formula is C21H22N4O. The van der Waals surface area contributed by atoms with Crippen molar-refractivity contribution < 1.29 is 4.79 Å². The lowest BCUT2D eigenvalue weighted by molar-refractivity contribution is 0.0835. The summed E-state index contributed by atoms with van der Waals surface area (Å²) in [6.07, 6.45) is 10.9. The van der Waals surface area contributed by atoms with Crippen LogP contribution in [0.4, 0.5) is 0 Å². The zero-order chi connectivity index (χ0) is 17.8. The number of carbonyl (C=O) groups is 1. The summed E-state index contributed by atoms with van der Waals surface area (Å²) < 4.78 is 1.94. The smallest absolute Gasteiger partial charge is 0.166 e. The van der Waals surface area contributed by atoms with E-state index in [2.05, 4.69) is 27.0 Å². The van der Waals surface area contributed by atoms with Crippen LogP contribution in [0.1, 0.15) is 28.8 Å². The number of Topliss-reactive ketones (excluding diaryl/α,β-unsaturated/α-hetero) is 1. The number of rotatable bonds is 5. The van der Waals surface area contributed by atoms with Crippen molar-refractivity contribution in [3.63, 3.8) is 0 Å². The highest BCUT2D eigenvalue weighted by Gasteiger charge is 2.25. The van der Waals surface area contributed by atoms with E-state index in [1.807, 2.05) is 47.4 Å².